The Labute approximate surface area is 103 Å². The van der Waals surface area contributed by atoms with Crippen molar-refractivity contribution in [1.29, 1.82) is 0 Å². The van der Waals surface area contributed by atoms with E-state index in [0.29, 0.717) is 24.5 Å². The van der Waals surface area contributed by atoms with Gasteiger partial charge in [-0.3, -0.25) is 4.68 Å². The zero-order chi connectivity index (χ0) is 13.0. The van der Waals surface area contributed by atoms with Crippen molar-refractivity contribution in [3.63, 3.8) is 0 Å². The lowest BCUT2D eigenvalue weighted by Gasteiger charge is -2.10. The molecular weight excluding hydrogens is 234 g/mol. The number of nitrogens with one attached hydrogen (secondary N) is 1. The number of carboxylic acids is 1. The number of hydrogen-bond donors (Lipinski definition) is 3. The molecule has 0 bridgehead atoms. The number of aromatic nitrogens is 3. The fourth-order valence-electron chi connectivity index (χ4n) is 1.55. The van der Waals surface area contributed by atoms with E-state index in [0.717, 1.165) is 0 Å². The number of benzene rings is 1. The average molecular weight is 247 g/mol. The second kappa shape index (κ2) is 5.17. The number of nitrogens with zero attached hydrogens (tertiary/aromatic N) is 3. The lowest BCUT2D eigenvalue weighted by atomic mass is 10.1. The van der Waals surface area contributed by atoms with Crippen LogP contribution in [0.4, 0.5) is 11.4 Å². The summed E-state index contributed by atoms with van der Waals surface area (Å²) in [6, 6.07) is 4.65. The summed E-state index contributed by atoms with van der Waals surface area (Å²) in [6.45, 7) is 1.13. The third-order valence-corrected chi connectivity index (χ3v) is 2.40. The molecule has 0 saturated heterocycles. The Morgan fingerprint density at radius 1 is 1.50 bits per heavy atom. The second-order valence-corrected chi connectivity index (χ2v) is 3.70. The Morgan fingerprint density at radius 2 is 2.33 bits per heavy atom. The first kappa shape index (κ1) is 11.9. The fourth-order valence-corrected chi connectivity index (χ4v) is 1.55. The summed E-state index contributed by atoms with van der Waals surface area (Å²) in [6.07, 6.45) is 3.32. The molecule has 0 unspecified atom stereocenters. The molecule has 1 aromatic heterocycles. The maximum atomic E-state index is 11.0. The summed E-state index contributed by atoms with van der Waals surface area (Å²) in [4.78, 5) is 11.0. The van der Waals surface area contributed by atoms with Crippen LogP contribution in [0.3, 0.4) is 0 Å². The van der Waals surface area contributed by atoms with Crippen LogP contribution < -0.4 is 11.1 Å². The van der Waals surface area contributed by atoms with Gasteiger partial charge in [-0.2, -0.15) is 0 Å². The molecule has 7 nitrogen and oxygen atoms in total. The number of nitrogen functional groups attached to an aromatic ring is 1. The van der Waals surface area contributed by atoms with Crippen molar-refractivity contribution in [2.45, 2.75) is 6.54 Å². The monoisotopic (exact) mass is 247 g/mol. The molecule has 0 aliphatic carbocycles. The van der Waals surface area contributed by atoms with Gasteiger partial charge < -0.3 is 16.2 Å². The molecule has 2 rings (SSSR count). The number of anilines is 2. The Balaban J connectivity index is 2.03. The van der Waals surface area contributed by atoms with Crippen molar-refractivity contribution in [2.24, 2.45) is 0 Å². The van der Waals surface area contributed by atoms with E-state index < -0.39 is 5.97 Å². The van der Waals surface area contributed by atoms with E-state index in [2.05, 4.69) is 15.6 Å². The van der Waals surface area contributed by atoms with E-state index >= 15 is 0 Å². The van der Waals surface area contributed by atoms with E-state index in [1.807, 2.05) is 0 Å². The van der Waals surface area contributed by atoms with Gasteiger partial charge in [0, 0.05) is 18.4 Å². The van der Waals surface area contributed by atoms with Crippen LogP contribution in [0.2, 0.25) is 0 Å². The zero-order valence-electron chi connectivity index (χ0n) is 9.58. The second-order valence-electron chi connectivity index (χ2n) is 3.70. The number of aromatic carboxylic acids is 1. The van der Waals surface area contributed by atoms with Gasteiger partial charge in [0.15, 0.2) is 0 Å². The van der Waals surface area contributed by atoms with E-state index in [-0.39, 0.29) is 5.56 Å². The van der Waals surface area contributed by atoms with Crippen molar-refractivity contribution in [1.82, 2.24) is 15.0 Å². The van der Waals surface area contributed by atoms with E-state index in [1.165, 1.54) is 6.07 Å². The van der Waals surface area contributed by atoms with Gasteiger partial charge in [0.1, 0.15) is 0 Å². The van der Waals surface area contributed by atoms with Crippen LogP contribution in [-0.4, -0.2) is 32.6 Å². The van der Waals surface area contributed by atoms with Crippen molar-refractivity contribution in [2.75, 3.05) is 17.6 Å². The van der Waals surface area contributed by atoms with Gasteiger partial charge in [0.05, 0.1) is 24.0 Å². The van der Waals surface area contributed by atoms with E-state index in [9.17, 15) is 4.79 Å². The highest BCUT2D eigenvalue weighted by Crippen LogP contribution is 2.19. The van der Waals surface area contributed by atoms with Gasteiger partial charge in [0.25, 0.3) is 0 Å². The summed E-state index contributed by atoms with van der Waals surface area (Å²) in [5.41, 5.74) is 6.85. The van der Waals surface area contributed by atoms with Crippen LogP contribution >= 0.6 is 0 Å². The largest absolute Gasteiger partial charge is 0.478 e. The molecule has 0 saturated carbocycles. The number of rotatable bonds is 5. The van der Waals surface area contributed by atoms with Crippen LogP contribution in [0.1, 0.15) is 10.4 Å². The topological polar surface area (TPSA) is 106 Å². The Hall–Kier alpha value is -2.57. The molecule has 0 amide bonds. The molecule has 0 fully saturated rings. The SMILES string of the molecule is Nc1ccc(C(=O)O)c(NCCn2ccnn2)c1. The maximum absolute atomic E-state index is 11.0. The first-order chi connectivity index (χ1) is 8.66. The molecule has 0 aliphatic rings. The molecule has 0 aliphatic heterocycles. The smallest absolute Gasteiger partial charge is 0.337 e. The molecule has 2 aromatic rings. The first-order valence-corrected chi connectivity index (χ1v) is 5.37. The van der Waals surface area contributed by atoms with Crippen LogP contribution in [0.5, 0.6) is 0 Å². The van der Waals surface area contributed by atoms with Gasteiger partial charge >= 0.3 is 5.97 Å². The standard InChI is InChI=1S/C11H13N5O2/c12-8-1-2-9(11(17)18)10(7-8)13-3-5-16-6-4-14-15-16/h1-2,4,6-7,13H,3,5,12H2,(H,17,18). The lowest BCUT2D eigenvalue weighted by molar-refractivity contribution is 0.0698. The molecule has 0 atom stereocenters. The molecular formula is C11H13N5O2. The molecule has 1 heterocycles. The third-order valence-electron chi connectivity index (χ3n) is 2.40. The van der Waals surface area contributed by atoms with Crippen LogP contribution in [0.15, 0.2) is 30.6 Å². The van der Waals surface area contributed by atoms with Crippen LogP contribution in [0.25, 0.3) is 0 Å². The molecule has 1 aromatic carbocycles. The minimum Gasteiger partial charge on any atom is -0.478 e. The van der Waals surface area contributed by atoms with Crippen molar-refractivity contribution >= 4 is 17.3 Å². The Bertz CT molecular complexity index is 538. The van der Waals surface area contributed by atoms with Gasteiger partial charge in [-0.05, 0) is 18.2 Å². The highest BCUT2D eigenvalue weighted by Gasteiger charge is 2.09. The van der Waals surface area contributed by atoms with Crippen molar-refractivity contribution < 1.29 is 9.90 Å². The fraction of sp³-hybridized carbons (Fsp3) is 0.182. The third kappa shape index (κ3) is 2.76. The Kier molecular flexibility index (Phi) is 3.42. The predicted octanol–water partition coefficient (Wildman–Crippen LogP) is 0.671. The summed E-state index contributed by atoms with van der Waals surface area (Å²) in [5, 5.41) is 19.5. The van der Waals surface area contributed by atoms with Crippen molar-refractivity contribution in [3.05, 3.63) is 36.2 Å². The minimum absolute atomic E-state index is 0.197. The molecule has 18 heavy (non-hydrogen) atoms. The summed E-state index contributed by atoms with van der Waals surface area (Å²) < 4.78 is 1.65. The molecule has 0 spiro atoms. The van der Waals surface area contributed by atoms with Gasteiger partial charge in [-0.25, -0.2) is 4.79 Å². The summed E-state index contributed by atoms with van der Waals surface area (Å²) in [5.74, 6) is -0.988. The minimum atomic E-state index is -0.988. The van der Waals surface area contributed by atoms with Gasteiger partial charge in [-0.1, -0.05) is 5.21 Å². The Morgan fingerprint density at radius 3 is 3.00 bits per heavy atom. The van der Waals surface area contributed by atoms with Gasteiger partial charge in [-0.15, -0.1) is 5.10 Å². The molecule has 4 N–H and O–H groups in total. The molecule has 94 valence electrons. The zero-order valence-corrected chi connectivity index (χ0v) is 9.58. The quantitative estimate of drug-likeness (QED) is 0.670. The lowest BCUT2D eigenvalue weighted by Crippen LogP contribution is -2.13. The number of carbonyl (C=O) groups is 1. The van der Waals surface area contributed by atoms with Gasteiger partial charge in [0.2, 0.25) is 0 Å². The van der Waals surface area contributed by atoms with Crippen LogP contribution in [-0.2, 0) is 6.54 Å². The van der Waals surface area contributed by atoms with E-state index in [1.54, 1.807) is 29.2 Å². The average Bonchev–Trinajstić information content (AvgIpc) is 2.82. The van der Waals surface area contributed by atoms with Crippen molar-refractivity contribution in [3.8, 4) is 0 Å². The highest BCUT2D eigenvalue weighted by molar-refractivity contribution is 5.95. The molecule has 0 radical (unpaired) electrons. The number of nitrogens with two attached hydrogens (primary N) is 1. The van der Waals surface area contributed by atoms with Crippen LogP contribution in [0, 0.1) is 0 Å². The summed E-state index contributed by atoms with van der Waals surface area (Å²) >= 11 is 0. The van der Waals surface area contributed by atoms with E-state index in [4.69, 9.17) is 10.8 Å². The predicted molar refractivity (Wildman–Crippen MR) is 66.3 cm³/mol. The normalized spacial score (nSPS) is 10.2. The number of carboxylic acid groups (broad SMARTS) is 1. The number of hydrogen-bond acceptors (Lipinski definition) is 5. The summed E-state index contributed by atoms with van der Waals surface area (Å²) in [7, 11) is 0. The maximum Gasteiger partial charge on any atom is 0.337 e. The highest BCUT2D eigenvalue weighted by atomic mass is 16.4. The molecule has 7 heteroatoms. The first-order valence-electron chi connectivity index (χ1n) is 5.37.